The van der Waals surface area contributed by atoms with E-state index in [1.165, 1.54) is 11.8 Å². The number of aliphatic carboxylic acids is 1. The zero-order valence-corrected chi connectivity index (χ0v) is 14.6. The molecule has 25 heavy (non-hydrogen) atoms. The van der Waals surface area contributed by atoms with Crippen molar-refractivity contribution in [3.63, 3.8) is 0 Å². The summed E-state index contributed by atoms with van der Waals surface area (Å²) < 4.78 is 0. The Morgan fingerprint density at radius 1 is 1.28 bits per heavy atom. The number of carboxylic acid groups (broad SMARTS) is 1. The van der Waals surface area contributed by atoms with Gasteiger partial charge in [-0.3, -0.25) is 14.4 Å². The van der Waals surface area contributed by atoms with Crippen LogP contribution < -0.4 is 5.32 Å². The van der Waals surface area contributed by atoms with Gasteiger partial charge in [0.2, 0.25) is 11.8 Å². The molecule has 134 valence electrons. The number of rotatable bonds is 7. The molecule has 2 unspecified atom stereocenters. The number of fused-ring (bicyclic) bond motifs is 1. The van der Waals surface area contributed by atoms with Gasteiger partial charge in [0.25, 0.3) is 0 Å². The Balaban J connectivity index is 2.19. The Morgan fingerprint density at radius 2 is 1.96 bits per heavy atom. The van der Waals surface area contributed by atoms with Crippen LogP contribution in [0.3, 0.4) is 0 Å². The molecule has 2 aromatic rings. The van der Waals surface area contributed by atoms with Crippen molar-refractivity contribution in [1.82, 2.24) is 15.2 Å². The molecular weight excluding hydrogens is 322 g/mol. The molecule has 0 saturated carbocycles. The number of para-hydroxylation sites is 1. The van der Waals surface area contributed by atoms with Gasteiger partial charge in [-0.15, -0.1) is 0 Å². The largest absolute Gasteiger partial charge is 0.481 e. The van der Waals surface area contributed by atoms with E-state index in [0.717, 1.165) is 16.5 Å². The third-order valence-electron chi connectivity index (χ3n) is 4.12. The van der Waals surface area contributed by atoms with Gasteiger partial charge in [0, 0.05) is 44.0 Å². The lowest BCUT2D eigenvalue weighted by Gasteiger charge is -2.25. The number of carbonyl (C=O) groups excluding carboxylic acids is 2. The quantitative estimate of drug-likeness (QED) is 0.706. The number of amides is 2. The summed E-state index contributed by atoms with van der Waals surface area (Å²) in [7, 11) is 1.55. The molecule has 0 spiro atoms. The molecule has 1 aromatic carbocycles. The summed E-state index contributed by atoms with van der Waals surface area (Å²) in [5.41, 5.74) is 1.88. The SMILES string of the molecule is CC(=O)NC(Cc1c[nH]c2ccccc12)C(=O)N(C)CC(C)C(=O)O. The fourth-order valence-electron chi connectivity index (χ4n) is 2.81. The first-order valence-corrected chi connectivity index (χ1v) is 8.09. The number of benzene rings is 1. The number of nitrogens with zero attached hydrogens (tertiary/aromatic N) is 1. The number of carbonyl (C=O) groups is 3. The Kier molecular flexibility index (Phi) is 5.80. The van der Waals surface area contributed by atoms with Crippen LogP contribution in [0.2, 0.25) is 0 Å². The van der Waals surface area contributed by atoms with Gasteiger partial charge in [0.05, 0.1) is 5.92 Å². The maximum Gasteiger partial charge on any atom is 0.308 e. The standard InChI is InChI=1S/C18H23N3O4/c1-11(18(24)25)10-21(3)17(23)16(20-12(2)22)8-13-9-19-15-7-5-4-6-14(13)15/h4-7,9,11,16,19H,8,10H2,1-3H3,(H,20,22)(H,24,25). The van der Waals surface area contributed by atoms with Gasteiger partial charge in [0.1, 0.15) is 6.04 Å². The number of H-pyrrole nitrogens is 1. The molecular formula is C18H23N3O4. The van der Waals surface area contributed by atoms with E-state index < -0.39 is 17.9 Å². The summed E-state index contributed by atoms with van der Waals surface area (Å²) in [6, 6.07) is 6.97. The van der Waals surface area contributed by atoms with E-state index in [2.05, 4.69) is 10.3 Å². The summed E-state index contributed by atoms with van der Waals surface area (Å²) in [4.78, 5) is 39.7. The molecule has 0 aliphatic rings. The molecule has 0 bridgehead atoms. The first-order valence-electron chi connectivity index (χ1n) is 8.09. The average Bonchev–Trinajstić information content (AvgIpc) is 2.96. The normalized spacial score (nSPS) is 13.2. The number of likely N-dealkylation sites (N-methyl/N-ethyl adjacent to an activating group) is 1. The van der Waals surface area contributed by atoms with E-state index in [4.69, 9.17) is 5.11 Å². The smallest absolute Gasteiger partial charge is 0.308 e. The summed E-state index contributed by atoms with van der Waals surface area (Å²) in [6.07, 6.45) is 2.15. The van der Waals surface area contributed by atoms with Crippen LogP contribution in [0.1, 0.15) is 19.4 Å². The molecule has 0 aliphatic carbocycles. The Morgan fingerprint density at radius 3 is 2.60 bits per heavy atom. The molecule has 2 amide bonds. The number of aromatic nitrogens is 1. The van der Waals surface area contributed by atoms with Gasteiger partial charge in [-0.2, -0.15) is 0 Å². The second kappa shape index (κ2) is 7.83. The molecule has 2 atom stereocenters. The van der Waals surface area contributed by atoms with E-state index in [1.807, 2.05) is 30.5 Å². The van der Waals surface area contributed by atoms with Crippen molar-refractivity contribution in [2.45, 2.75) is 26.3 Å². The van der Waals surface area contributed by atoms with E-state index >= 15 is 0 Å². The average molecular weight is 345 g/mol. The van der Waals surface area contributed by atoms with Gasteiger partial charge in [-0.05, 0) is 11.6 Å². The van der Waals surface area contributed by atoms with Crippen molar-refractivity contribution in [2.24, 2.45) is 5.92 Å². The third kappa shape index (κ3) is 4.59. The molecule has 3 N–H and O–H groups in total. The molecule has 1 heterocycles. The minimum atomic E-state index is -0.965. The number of hydrogen-bond donors (Lipinski definition) is 3. The van der Waals surface area contributed by atoms with Gasteiger partial charge >= 0.3 is 5.97 Å². The van der Waals surface area contributed by atoms with Crippen LogP contribution in [0.5, 0.6) is 0 Å². The van der Waals surface area contributed by atoms with Crippen molar-refractivity contribution in [3.05, 3.63) is 36.0 Å². The van der Waals surface area contributed by atoms with Gasteiger partial charge < -0.3 is 20.3 Å². The van der Waals surface area contributed by atoms with Crippen molar-refractivity contribution < 1.29 is 19.5 Å². The molecule has 7 nitrogen and oxygen atoms in total. The monoisotopic (exact) mass is 345 g/mol. The highest BCUT2D eigenvalue weighted by molar-refractivity contribution is 5.89. The molecule has 0 fully saturated rings. The number of hydrogen-bond acceptors (Lipinski definition) is 3. The van der Waals surface area contributed by atoms with Gasteiger partial charge in [-0.25, -0.2) is 0 Å². The first kappa shape index (κ1) is 18.5. The zero-order valence-electron chi connectivity index (χ0n) is 14.6. The van der Waals surface area contributed by atoms with Crippen molar-refractivity contribution >= 4 is 28.7 Å². The molecule has 0 saturated heterocycles. The number of carboxylic acids is 1. The van der Waals surface area contributed by atoms with Crippen LogP contribution in [-0.2, 0) is 20.8 Å². The van der Waals surface area contributed by atoms with Crippen LogP contribution in [0.25, 0.3) is 10.9 Å². The zero-order chi connectivity index (χ0) is 18.6. The molecule has 7 heteroatoms. The highest BCUT2D eigenvalue weighted by atomic mass is 16.4. The Labute approximate surface area is 146 Å². The van der Waals surface area contributed by atoms with E-state index in [0.29, 0.717) is 6.42 Å². The number of aromatic amines is 1. The highest BCUT2D eigenvalue weighted by Crippen LogP contribution is 2.19. The summed E-state index contributed by atoms with van der Waals surface area (Å²) >= 11 is 0. The number of nitrogens with one attached hydrogen (secondary N) is 2. The third-order valence-corrected chi connectivity index (χ3v) is 4.12. The van der Waals surface area contributed by atoms with Crippen molar-refractivity contribution in [3.8, 4) is 0 Å². The molecule has 0 radical (unpaired) electrons. The summed E-state index contributed by atoms with van der Waals surface area (Å²) in [6.45, 7) is 2.98. The second-order valence-electron chi connectivity index (χ2n) is 6.27. The van der Waals surface area contributed by atoms with E-state index in [-0.39, 0.29) is 18.4 Å². The summed E-state index contributed by atoms with van der Waals surface area (Å²) in [5.74, 6) is -2.26. The van der Waals surface area contributed by atoms with Crippen LogP contribution in [0, 0.1) is 5.92 Å². The fourth-order valence-corrected chi connectivity index (χ4v) is 2.81. The lowest BCUT2D eigenvalue weighted by Crippen LogP contribution is -2.49. The summed E-state index contributed by atoms with van der Waals surface area (Å²) in [5, 5.41) is 12.7. The topological polar surface area (TPSA) is 103 Å². The van der Waals surface area contributed by atoms with Crippen LogP contribution in [0.15, 0.2) is 30.5 Å². The molecule has 2 rings (SSSR count). The Hall–Kier alpha value is -2.83. The minimum absolute atomic E-state index is 0.0815. The van der Waals surface area contributed by atoms with Crippen LogP contribution in [-0.4, -0.2) is 52.4 Å². The minimum Gasteiger partial charge on any atom is -0.481 e. The maximum absolute atomic E-state index is 12.7. The van der Waals surface area contributed by atoms with Crippen molar-refractivity contribution in [1.29, 1.82) is 0 Å². The van der Waals surface area contributed by atoms with Crippen LogP contribution in [0.4, 0.5) is 0 Å². The molecule has 1 aromatic heterocycles. The maximum atomic E-state index is 12.7. The predicted octanol–water partition coefficient (Wildman–Crippen LogP) is 1.39. The fraction of sp³-hybridized carbons (Fsp3) is 0.389. The lowest BCUT2D eigenvalue weighted by molar-refractivity contribution is -0.143. The molecule has 0 aliphatic heterocycles. The lowest BCUT2D eigenvalue weighted by atomic mass is 10.0. The Bertz CT molecular complexity index is 783. The van der Waals surface area contributed by atoms with E-state index in [1.54, 1.807) is 14.0 Å². The van der Waals surface area contributed by atoms with Gasteiger partial charge in [0.15, 0.2) is 0 Å². The highest BCUT2D eigenvalue weighted by Gasteiger charge is 2.26. The van der Waals surface area contributed by atoms with E-state index in [9.17, 15) is 14.4 Å². The van der Waals surface area contributed by atoms with Gasteiger partial charge in [-0.1, -0.05) is 25.1 Å². The van der Waals surface area contributed by atoms with Crippen molar-refractivity contribution in [2.75, 3.05) is 13.6 Å². The predicted molar refractivity (Wildman–Crippen MR) is 94.0 cm³/mol. The van der Waals surface area contributed by atoms with Crippen LogP contribution >= 0.6 is 0 Å². The first-order chi connectivity index (χ1) is 11.8. The second-order valence-corrected chi connectivity index (χ2v) is 6.27.